The molecule has 0 aliphatic rings. The number of hydrogen-bond donors (Lipinski definition) is 1. The van der Waals surface area contributed by atoms with Crippen LogP contribution in [0.3, 0.4) is 0 Å². The molecule has 1 heterocycles. The van der Waals surface area contributed by atoms with Crippen molar-refractivity contribution in [3.05, 3.63) is 36.5 Å². The van der Waals surface area contributed by atoms with E-state index in [0.29, 0.717) is 0 Å². The van der Waals surface area contributed by atoms with Crippen molar-refractivity contribution in [1.82, 2.24) is 4.57 Å². The zero-order chi connectivity index (χ0) is 8.55. The molecule has 2 aromatic rings. The summed E-state index contributed by atoms with van der Waals surface area (Å²) < 4.78 is 1.20. The van der Waals surface area contributed by atoms with Crippen LogP contribution in [-0.2, 0) is 0 Å². The maximum Gasteiger partial charge on any atom is 1.00 e. The van der Waals surface area contributed by atoms with Gasteiger partial charge in [-0.1, -0.05) is 18.2 Å². The summed E-state index contributed by atoms with van der Waals surface area (Å²) in [7, 11) is 0. The third-order valence-electron chi connectivity index (χ3n) is 1.81. The second kappa shape index (κ2) is 3.69. The van der Waals surface area contributed by atoms with E-state index in [-0.39, 0.29) is 20.3 Å². The Labute approximate surface area is 88.6 Å². The van der Waals surface area contributed by atoms with Gasteiger partial charge in [0.1, 0.15) is 0 Å². The van der Waals surface area contributed by atoms with E-state index in [1.54, 1.807) is 18.3 Å². The van der Waals surface area contributed by atoms with Crippen molar-refractivity contribution in [3.63, 3.8) is 0 Å². The minimum absolute atomic E-state index is 0. The quantitative estimate of drug-likeness (QED) is 0.529. The maximum absolute atomic E-state index is 10.6. The van der Waals surface area contributed by atoms with E-state index >= 15 is 0 Å². The predicted molar refractivity (Wildman–Crippen MR) is 46.5 cm³/mol. The Morgan fingerprint density at radius 1 is 1.31 bits per heavy atom. The van der Waals surface area contributed by atoms with Crippen molar-refractivity contribution in [2.24, 2.45) is 0 Å². The van der Waals surface area contributed by atoms with Crippen molar-refractivity contribution in [2.45, 2.75) is 0 Å². The van der Waals surface area contributed by atoms with Crippen LogP contribution < -0.4 is 18.9 Å². The molecule has 1 aromatic heterocycles. The first-order valence-electron chi connectivity index (χ1n) is 3.58. The molecule has 2 rings (SSSR count). The molecular weight excluding hydrogens is 161 g/mol. The maximum atomic E-state index is 10.6. The van der Waals surface area contributed by atoms with E-state index in [2.05, 4.69) is 0 Å². The molecule has 0 unspecified atom stereocenters. The molecule has 0 saturated carbocycles. The number of para-hydroxylation sites is 1. The first kappa shape index (κ1) is 9.91. The third-order valence-corrected chi connectivity index (χ3v) is 1.81. The molecule has 0 spiro atoms. The van der Waals surface area contributed by atoms with Gasteiger partial charge in [-0.2, -0.15) is 0 Å². The molecule has 1 aromatic carbocycles. The van der Waals surface area contributed by atoms with Gasteiger partial charge in [0.2, 0.25) is 0 Å². The Hall–Kier alpha value is -1.17. The van der Waals surface area contributed by atoms with Gasteiger partial charge in [-0.15, -0.1) is 0 Å². The predicted octanol–water partition coefficient (Wildman–Crippen LogP) is -0.716. The van der Waals surface area contributed by atoms with E-state index in [9.17, 15) is 4.79 Å². The molecule has 62 valence electrons. The van der Waals surface area contributed by atoms with Crippen molar-refractivity contribution in [3.8, 4) is 0 Å². The van der Waals surface area contributed by atoms with Crippen LogP contribution in [0.4, 0.5) is 4.79 Å². The summed E-state index contributed by atoms with van der Waals surface area (Å²) in [6.07, 6.45) is 0.601. The summed E-state index contributed by atoms with van der Waals surface area (Å²) in [6, 6.07) is 9.15. The largest absolute Gasteiger partial charge is 1.00 e. The van der Waals surface area contributed by atoms with E-state index in [1.165, 1.54) is 4.57 Å². The van der Waals surface area contributed by atoms with Crippen molar-refractivity contribution < 1.29 is 30.2 Å². The summed E-state index contributed by atoms with van der Waals surface area (Å²) in [6.45, 7) is 0. The summed E-state index contributed by atoms with van der Waals surface area (Å²) in [5.41, 5.74) is 0.727. The topological polar surface area (TPSA) is 42.2 Å². The monoisotopic (exact) mass is 169 g/mol. The minimum Gasteiger partial charge on any atom is -1.00 e. The van der Waals surface area contributed by atoms with Gasteiger partial charge in [-0.3, -0.25) is 4.57 Å². The van der Waals surface area contributed by atoms with Crippen LogP contribution in [0.1, 0.15) is 1.43 Å². The SMILES string of the molecule is O=C(O)n1ccc2ccccc21.[H-].[Li+]. The average molecular weight is 169 g/mol. The number of nitrogens with zero attached hydrogens (tertiary/aromatic N) is 1. The zero-order valence-corrected chi connectivity index (χ0v) is 7.27. The van der Waals surface area contributed by atoms with Crippen LogP contribution >= 0.6 is 0 Å². The minimum atomic E-state index is -0.948. The molecule has 3 nitrogen and oxygen atoms in total. The van der Waals surface area contributed by atoms with Gasteiger partial charge in [-0.25, -0.2) is 4.79 Å². The number of benzene rings is 1. The van der Waals surface area contributed by atoms with Crippen LogP contribution in [0.25, 0.3) is 10.9 Å². The van der Waals surface area contributed by atoms with Crippen LogP contribution in [0.15, 0.2) is 36.5 Å². The van der Waals surface area contributed by atoms with Gasteiger partial charge >= 0.3 is 25.0 Å². The standard InChI is InChI=1S/C9H7NO2.Li.H/c11-9(12)10-6-5-7-3-1-2-4-8(7)10;;/h1-6H,(H,11,12);;/q;+1;-1. The molecule has 4 heteroatoms. The molecule has 0 amide bonds. The fourth-order valence-electron chi connectivity index (χ4n) is 1.25. The van der Waals surface area contributed by atoms with E-state index in [1.807, 2.05) is 18.2 Å². The summed E-state index contributed by atoms with van der Waals surface area (Å²) >= 11 is 0. The Morgan fingerprint density at radius 3 is 2.69 bits per heavy atom. The molecule has 0 radical (unpaired) electrons. The Bertz CT molecular complexity index is 441. The molecule has 1 N–H and O–H groups in total. The normalized spacial score (nSPS) is 9.54. The Balaban J connectivity index is 0.000000845. The van der Waals surface area contributed by atoms with Crippen LogP contribution in [0.2, 0.25) is 0 Å². The number of aromatic nitrogens is 1. The number of carbonyl (C=O) groups is 1. The summed E-state index contributed by atoms with van der Waals surface area (Å²) in [5, 5.41) is 9.68. The van der Waals surface area contributed by atoms with Gasteiger partial charge in [0, 0.05) is 11.6 Å². The number of hydrogen-bond acceptors (Lipinski definition) is 1. The van der Waals surface area contributed by atoms with Gasteiger partial charge in [0.25, 0.3) is 0 Å². The first-order chi connectivity index (χ1) is 5.79. The van der Waals surface area contributed by atoms with Crippen molar-refractivity contribution >= 4 is 17.0 Å². The molecule has 0 aliphatic carbocycles. The summed E-state index contributed by atoms with van der Waals surface area (Å²) in [4.78, 5) is 10.6. The fourth-order valence-corrected chi connectivity index (χ4v) is 1.25. The number of rotatable bonds is 0. The molecular formula is C9H8LiNO2. The second-order valence-corrected chi connectivity index (χ2v) is 2.53. The van der Waals surface area contributed by atoms with Crippen LogP contribution in [0.5, 0.6) is 0 Å². The van der Waals surface area contributed by atoms with Gasteiger partial charge in [-0.05, 0) is 12.1 Å². The molecule has 0 saturated heterocycles. The first-order valence-corrected chi connectivity index (χ1v) is 3.58. The third kappa shape index (κ3) is 1.62. The van der Waals surface area contributed by atoms with Gasteiger partial charge < -0.3 is 6.53 Å². The van der Waals surface area contributed by atoms with Gasteiger partial charge in [0.15, 0.2) is 0 Å². The summed E-state index contributed by atoms with van der Waals surface area (Å²) in [5.74, 6) is 0. The molecule has 0 aliphatic heterocycles. The number of fused-ring (bicyclic) bond motifs is 1. The fraction of sp³-hybridized carbons (Fsp3) is 0. The zero-order valence-electron chi connectivity index (χ0n) is 8.27. The molecule has 0 fully saturated rings. The molecule has 13 heavy (non-hydrogen) atoms. The number of carboxylic acid groups (broad SMARTS) is 1. The Morgan fingerprint density at radius 2 is 2.00 bits per heavy atom. The van der Waals surface area contributed by atoms with E-state index in [4.69, 9.17) is 5.11 Å². The van der Waals surface area contributed by atoms with E-state index < -0.39 is 6.09 Å². The smallest absolute Gasteiger partial charge is 1.00 e. The Kier molecular flexibility index (Phi) is 2.82. The molecule has 0 bridgehead atoms. The van der Waals surface area contributed by atoms with Crippen LogP contribution in [0, 0.1) is 0 Å². The average Bonchev–Trinajstić information content (AvgIpc) is 2.47. The van der Waals surface area contributed by atoms with Crippen molar-refractivity contribution in [1.29, 1.82) is 0 Å². The van der Waals surface area contributed by atoms with Gasteiger partial charge in [0.05, 0.1) is 5.52 Å². The molecule has 0 atom stereocenters. The van der Waals surface area contributed by atoms with Crippen molar-refractivity contribution in [2.75, 3.05) is 0 Å². The van der Waals surface area contributed by atoms with Crippen LogP contribution in [-0.4, -0.2) is 15.8 Å². The van der Waals surface area contributed by atoms with E-state index in [0.717, 1.165) is 10.9 Å². The second-order valence-electron chi connectivity index (χ2n) is 2.53.